The highest BCUT2D eigenvalue weighted by Crippen LogP contribution is 2.12. The SMILES string of the molecule is CN=C(NCCc1ccccc1F)NCc1ccc(OCCCN(C)C)cc1.I. The molecule has 0 fully saturated rings. The molecule has 0 unspecified atom stereocenters. The van der Waals surface area contributed by atoms with Gasteiger partial charge in [0.25, 0.3) is 0 Å². The van der Waals surface area contributed by atoms with Crippen LogP contribution in [-0.4, -0.2) is 51.7 Å². The zero-order chi connectivity index (χ0) is 20.2. The Bertz CT molecular complexity index is 738. The molecule has 0 heterocycles. The molecule has 7 heteroatoms. The van der Waals surface area contributed by atoms with E-state index in [4.69, 9.17) is 4.74 Å². The molecule has 0 bridgehead atoms. The fourth-order valence-electron chi connectivity index (χ4n) is 2.70. The first kappa shape index (κ1) is 25.2. The quantitative estimate of drug-likeness (QED) is 0.220. The van der Waals surface area contributed by atoms with Crippen molar-refractivity contribution in [2.75, 3.05) is 40.8 Å². The van der Waals surface area contributed by atoms with E-state index in [0.29, 0.717) is 37.6 Å². The van der Waals surface area contributed by atoms with Crippen LogP contribution in [0.3, 0.4) is 0 Å². The van der Waals surface area contributed by atoms with E-state index < -0.39 is 0 Å². The molecule has 0 amide bonds. The van der Waals surface area contributed by atoms with Crippen LogP contribution in [0.25, 0.3) is 0 Å². The summed E-state index contributed by atoms with van der Waals surface area (Å²) in [5.74, 6) is 1.41. The third-order valence-electron chi connectivity index (χ3n) is 4.27. The summed E-state index contributed by atoms with van der Waals surface area (Å²) >= 11 is 0. The van der Waals surface area contributed by atoms with Crippen LogP contribution < -0.4 is 15.4 Å². The van der Waals surface area contributed by atoms with Crippen LogP contribution in [-0.2, 0) is 13.0 Å². The van der Waals surface area contributed by atoms with Gasteiger partial charge in [-0.1, -0.05) is 30.3 Å². The molecule has 2 aromatic carbocycles. The van der Waals surface area contributed by atoms with Gasteiger partial charge in [-0.05, 0) is 56.3 Å². The van der Waals surface area contributed by atoms with Crippen molar-refractivity contribution in [3.63, 3.8) is 0 Å². The van der Waals surface area contributed by atoms with Gasteiger partial charge in [-0.2, -0.15) is 0 Å². The Balaban J connectivity index is 0.00000420. The summed E-state index contributed by atoms with van der Waals surface area (Å²) in [6.45, 7) is 3.00. The zero-order valence-electron chi connectivity index (χ0n) is 17.5. The van der Waals surface area contributed by atoms with Crippen molar-refractivity contribution in [2.45, 2.75) is 19.4 Å². The van der Waals surface area contributed by atoms with Crippen molar-refractivity contribution in [1.29, 1.82) is 0 Å². The average Bonchev–Trinajstić information content (AvgIpc) is 2.70. The van der Waals surface area contributed by atoms with Crippen molar-refractivity contribution in [1.82, 2.24) is 15.5 Å². The van der Waals surface area contributed by atoms with Crippen LogP contribution in [0.1, 0.15) is 17.5 Å². The summed E-state index contributed by atoms with van der Waals surface area (Å²) in [6, 6.07) is 14.9. The summed E-state index contributed by atoms with van der Waals surface area (Å²) in [5.41, 5.74) is 1.84. The highest BCUT2D eigenvalue weighted by molar-refractivity contribution is 14.0. The molecular formula is C22H32FIN4O. The lowest BCUT2D eigenvalue weighted by atomic mass is 10.1. The number of aliphatic imine (C=N–C) groups is 1. The van der Waals surface area contributed by atoms with E-state index in [0.717, 1.165) is 24.3 Å². The topological polar surface area (TPSA) is 48.9 Å². The van der Waals surface area contributed by atoms with Crippen LogP contribution in [0.2, 0.25) is 0 Å². The summed E-state index contributed by atoms with van der Waals surface area (Å²) < 4.78 is 19.4. The van der Waals surface area contributed by atoms with Crippen LogP contribution in [0, 0.1) is 5.82 Å². The van der Waals surface area contributed by atoms with E-state index in [1.807, 2.05) is 30.3 Å². The van der Waals surface area contributed by atoms with E-state index in [-0.39, 0.29) is 29.8 Å². The molecule has 0 saturated heterocycles. The van der Waals surface area contributed by atoms with Gasteiger partial charge in [-0.15, -0.1) is 24.0 Å². The van der Waals surface area contributed by atoms with Gasteiger partial charge in [0.15, 0.2) is 5.96 Å². The van der Waals surface area contributed by atoms with Gasteiger partial charge in [-0.25, -0.2) is 4.39 Å². The monoisotopic (exact) mass is 514 g/mol. The van der Waals surface area contributed by atoms with Gasteiger partial charge in [0, 0.05) is 26.7 Å². The standard InChI is InChI=1S/C22H31FN4O.HI/c1-24-22(25-14-13-19-7-4-5-8-21(19)23)26-17-18-9-11-20(12-10-18)28-16-6-15-27(2)3;/h4-5,7-12H,6,13-17H2,1-3H3,(H2,24,25,26);1H. The molecule has 160 valence electrons. The first-order chi connectivity index (χ1) is 13.6. The van der Waals surface area contributed by atoms with Crippen molar-refractivity contribution < 1.29 is 9.13 Å². The molecule has 5 nitrogen and oxygen atoms in total. The molecule has 0 radical (unpaired) electrons. The Kier molecular flexibility index (Phi) is 12.3. The Hall–Kier alpha value is -1.87. The average molecular weight is 514 g/mol. The minimum Gasteiger partial charge on any atom is -0.494 e. The third-order valence-corrected chi connectivity index (χ3v) is 4.27. The highest BCUT2D eigenvalue weighted by atomic mass is 127. The number of halogens is 2. The molecule has 0 atom stereocenters. The van der Waals surface area contributed by atoms with Crippen molar-refractivity contribution >= 4 is 29.9 Å². The third kappa shape index (κ3) is 9.94. The molecule has 29 heavy (non-hydrogen) atoms. The highest BCUT2D eigenvalue weighted by Gasteiger charge is 2.03. The van der Waals surface area contributed by atoms with Gasteiger partial charge in [0.1, 0.15) is 11.6 Å². The molecule has 0 aliphatic rings. The lowest BCUT2D eigenvalue weighted by Crippen LogP contribution is -2.37. The molecule has 2 aromatic rings. The normalized spacial score (nSPS) is 11.1. The molecule has 2 rings (SSSR count). The number of nitrogens with zero attached hydrogens (tertiary/aromatic N) is 2. The summed E-state index contributed by atoms with van der Waals surface area (Å²) in [5, 5.41) is 6.48. The number of ether oxygens (including phenoxy) is 1. The lowest BCUT2D eigenvalue weighted by Gasteiger charge is -2.13. The predicted octanol–water partition coefficient (Wildman–Crippen LogP) is 3.68. The molecule has 0 spiro atoms. The Morgan fingerprint density at radius 2 is 1.79 bits per heavy atom. The van der Waals surface area contributed by atoms with Crippen LogP contribution in [0.4, 0.5) is 4.39 Å². The van der Waals surface area contributed by atoms with E-state index in [1.54, 1.807) is 19.2 Å². The van der Waals surface area contributed by atoms with E-state index in [9.17, 15) is 4.39 Å². The number of benzene rings is 2. The van der Waals surface area contributed by atoms with Crippen molar-refractivity contribution in [3.8, 4) is 5.75 Å². The molecular weight excluding hydrogens is 482 g/mol. The molecule has 2 N–H and O–H groups in total. The van der Waals surface area contributed by atoms with E-state index in [1.165, 1.54) is 6.07 Å². The van der Waals surface area contributed by atoms with Gasteiger partial charge in [0.05, 0.1) is 6.61 Å². The second-order valence-corrected chi connectivity index (χ2v) is 6.84. The van der Waals surface area contributed by atoms with E-state index in [2.05, 4.69) is 34.6 Å². The number of rotatable bonds is 10. The summed E-state index contributed by atoms with van der Waals surface area (Å²) in [6.07, 6.45) is 1.61. The second kappa shape index (κ2) is 14.2. The van der Waals surface area contributed by atoms with Crippen LogP contribution >= 0.6 is 24.0 Å². The fourth-order valence-corrected chi connectivity index (χ4v) is 2.70. The number of nitrogens with one attached hydrogen (secondary N) is 2. The predicted molar refractivity (Wildman–Crippen MR) is 129 cm³/mol. The molecule has 0 aliphatic carbocycles. The molecule has 0 aromatic heterocycles. The Labute approximate surface area is 190 Å². The largest absolute Gasteiger partial charge is 0.494 e. The van der Waals surface area contributed by atoms with Gasteiger partial charge in [0.2, 0.25) is 0 Å². The Morgan fingerprint density at radius 3 is 2.45 bits per heavy atom. The smallest absolute Gasteiger partial charge is 0.191 e. The molecule has 0 saturated carbocycles. The Morgan fingerprint density at radius 1 is 1.07 bits per heavy atom. The first-order valence-corrected chi connectivity index (χ1v) is 9.63. The number of hydrogen-bond acceptors (Lipinski definition) is 3. The number of guanidine groups is 1. The van der Waals surface area contributed by atoms with Crippen molar-refractivity contribution in [3.05, 3.63) is 65.5 Å². The molecule has 0 aliphatic heterocycles. The second-order valence-electron chi connectivity index (χ2n) is 6.84. The fraction of sp³-hybridized carbons (Fsp3) is 0.409. The minimum atomic E-state index is -0.170. The van der Waals surface area contributed by atoms with Gasteiger partial charge in [-0.3, -0.25) is 4.99 Å². The van der Waals surface area contributed by atoms with Crippen molar-refractivity contribution in [2.24, 2.45) is 4.99 Å². The number of hydrogen-bond donors (Lipinski definition) is 2. The van der Waals surface area contributed by atoms with E-state index >= 15 is 0 Å². The van der Waals surface area contributed by atoms with Crippen LogP contribution in [0.5, 0.6) is 5.75 Å². The maximum atomic E-state index is 13.6. The maximum absolute atomic E-state index is 13.6. The zero-order valence-corrected chi connectivity index (χ0v) is 19.8. The van der Waals surface area contributed by atoms with Gasteiger partial charge < -0.3 is 20.3 Å². The maximum Gasteiger partial charge on any atom is 0.191 e. The first-order valence-electron chi connectivity index (χ1n) is 9.63. The van der Waals surface area contributed by atoms with Crippen LogP contribution in [0.15, 0.2) is 53.5 Å². The van der Waals surface area contributed by atoms with Gasteiger partial charge >= 0.3 is 0 Å². The summed E-state index contributed by atoms with van der Waals surface area (Å²) in [4.78, 5) is 6.36. The minimum absolute atomic E-state index is 0. The lowest BCUT2D eigenvalue weighted by molar-refractivity contribution is 0.281. The summed E-state index contributed by atoms with van der Waals surface area (Å²) in [7, 11) is 5.85.